The number of aromatic nitrogens is 2. The van der Waals surface area contributed by atoms with Gasteiger partial charge in [0.25, 0.3) is 0 Å². The Labute approximate surface area is 144 Å². The molecule has 0 spiro atoms. The number of halogens is 3. The summed E-state index contributed by atoms with van der Waals surface area (Å²) in [6, 6.07) is 5.07. The third-order valence-corrected chi connectivity index (χ3v) is 4.58. The van der Waals surface area contributed by atoms with Crippen molar-refractivity contribution in [2.75, 3.05) is 5.32 Å². The maximum atomic E-state index is 12.3. The van der Waals surface area contributed by atoms with E-state index in [2.05, 4.69) is 10.4 Å². The van der Waals surface area contributed by atoms with Gasteiger partial charge in [0.1, 0.15) is 0 Å². The first-order valence-electron chi connectivity index (χ1n) is 6.75. The van der Waals surface area contributed by atoms with Crippen molar-refractivity contribution in [3.05, 3.63) is 44.7 Å². The second-order valence-corrected chi connectivity index (χ2v) is 6.35. The van der Waals surface area contributed by atoms with Crippen molar-refractivity contribution in [3.63, 3.8) is 0 Å². The van der Waals surface area contributed by atoms with E-state index < -0.39 is 0 Å². The zero-order chi connectivity index (χ0) is 16.4. The molecule has 1 atom stereocenters. The predicted molar refractivity (Wildman–Crippen MR) is 91.0 cm³/mol. The number of anilines is 1. The Hall–Kier alpha value is -1.23. The molecule has 1 heterocycles. The monoisotopic (exact) mass is 359 g/mol. The van der Waals surface area contributed by atoms with Crippen molar-refractivity contribution in [2.45, 2.75) is 27.3 Å². The summed E-state index contributed by atoms with van der Waals surface area (Å²) in [4.78, 5) is 12.3. The molecule has 2 rings (SSSR count). The lowest BCUT2D eigenvalue weighted by Crippen LogP contribution is -2.25. The summed E-state index contributed by atoms with van der Waals surface area (Å²) >= 11 is 18.2. The number of hydrogen-bond donors (Lipinski definition) is 1. The fourth-order valence-electron chi connectivity index (χ4n) is 2.06. The lowest BCUT2D eigenvalue weighted by Gasteiger charge is -2.15. The third kappa shape index (κ3) is 3.57. The van der Waals surface area contributed by atoms with Gasteiger partial charge in [-0.1, -0.05) is 47.8 Å². The molecule has 0 saturated heterocycles. The highest BCUT2D eigenvalue weighted by atomic mass is 35.5. The molecule has 1 aromatic carbocycles. The van der Waals surface area contributed by atoms with Crippen LogP contribution in [-0.2, 0) is 11.3 Å². The number of rotatable bonds is 4. The Balaban J connectivity index is 2.11. The molecule has 0 aliphatic carbocycles. The zero-order valence-electron chi connectivity index (χ0n) is 12.5. The number of para-hydroxylation sites is 1. The van der Waals surface area contributed by atoms with E-state index in [4.69, 9.17) is 34.8 Å². The summed E-state index contributed by atoms with van der Waals surface area (Å²) in [5, 5.41) is 8.53. The number of aryl methyl sites for hydroxylation is 1. The van der Waals surface area contributed by atoms with Crippen molar-refractivity contribution in [1.82, 2.24) is 9.78 Å². The summed E-state index contributed by atoms with van der Waals surface area (Å²) in [5.74, 6) is -0.500. The Morgan fingerprint density at radius 3 is 2.36 bits per heavy atom. The Kier molecular flexibility index (Phi) is 5.37. The first kappa shape index (κ1) is 17.1. The van der Waals surface area contributed by atoms with Crippen LogP contribution in [0, 0.1) is 19.8 Å². The van der Waals surface area contributed by atoms with Gasteiger partial charge in [-0.05, 0) is 26.0 Å². The Bertz CT molecular complexity index is 692. The van der Waals surface area contributed by atoms with E-state index in [1.807, 2.05) is 20.8 Å². The molecule has 0 bridgehead atoms. The molecule has 2 aromatic rings. The summed E-state index contributed by atoms with van der Waals surface area (Å²) in [6.07, 6.45) is 0. The van der Waals surface area contributed by atoms with Crippen LogP contribution in [0.5, 0.6) is 0 Å². The molecule has 0 fully saturated rings. The van der Waals surface area contributed by atoms with E-state index >= 15 is 0 Å². The molecule has 1 aromatic heterocycles. The van der Waals surface area contributed by atoms with Gasteiger partial charge >= 0.3 is 0 Å². The van der Waals surface area contributed by atoms with E-state index in [-0.39, 0.29) is 11.8 Å². The standard InChI is InChI=1S/C15H16Cl3N3O/c1-8(7-21-10(3)13(18)9(2)20-21)15(22)19-14-11(16)5-4-6-12(14)17/h4-6,8H,7H2,1-3H3,(H,19,22). The van der Waals surface area contributed by atoms with Crippen molar-refractivity contribution in [1.29, 1.82) is 0 Å². The minimum absolute atomic E-state index is 0.182. The van der Waals surface area contributed by atoms with E-state index in [1.54, 1.807) is 22.9 Å². The topological polar surface area (TPSA) is 46.9 Å². The van der Waals surface area contributed by atoms with E-state index in [0.717, 1.165) is 11.4 Å². The highest BCUT2D eigenvalue weighted by Crippen LogP contribution is 2.30. The second kappa shape index (κ2) is 6.90. The molecule has 22 heavy (non-hydrogen) atoms. The Morgan fingerprint density at radius 2 is 1.86 bits per heavy atom. The van der Waals surface area contributed by atoms with Crippen LogP contribution in [0.1, 0.15) is 18.3 Å². The molecule has 0 saturated carbocycles. The molecular formula is C15H16Cl3N3O. The van der Waals surface area contributed by atoms with Crippen LogP contribution in [0.4, 0.5) is 5.69 Å². The summed E-state index contributed by atoms with van der Waals surface area (Å²) in [7, 11) is 0. The molecule has 0 aliphatic rings. The first-order chi connectivity index (χ1) is 10.3. The largest absolute Gasteiger partial charge is 0.323 e. The number of amides is 1. The lowest BCUT2D eigenvalue weighted by atomic mass is 10.1. The van der Waals surface area contributed by atoms with Gasteiger partial charge in [0.15, 0.2) is 0 Å². The van der Waals surface area contributed by atoms with Gasteiger partial charge < -0.3 is 5.32 Å². The van der Waals surface area contributed by atoms with Gasteiger partial charge in [-0.15, -0.1) is 0 Å². The number of nitrogens with one attached hydrogen (secondary N) is 1. The van der Waals surface area contributed by atoms with Gasteiger partial charge in [-0.25, -0.2) is 0 Å². The maximum Gasteiger partial charge on any atom is 0.229 e. The van der Waals surface area contributed by atoms with Crippen molar-refractivity contribution in [2.24, 2.45) is 5.92 Å². The molecule has 1 unspecified atom stereocenters. The molecule has 0 aliphatic heterocycles. The maximum absolute atomic E-state index is 12.3. The summed E-state index contributed by atoms with van der Waals surface area (Å²) in [6.45, 7) is 5.94. The zero-order valence-corrected chi connectivity index (χ0v) is 14.7. The van der Waals surface area contributed by atoms with Crippen LogP contribution in [0.3, 0.4) is 0 Å². The highest BCUT2D eigenvalue weighted by Gasteiger charge is 2.19. The second-order valence-electron chi connectivity index (χ2n) is 5.15. The first-order valence-corrected chi connectivity index (χ1v) is 7.89. The highest BCUT2D eigenvalue weighted by molar-refractivity contribution is 6.39. The summed E-state index contributed by atoms with van der Waals surface area (Å²) < 4.78 is 1.73. The molecule has 118 valence electrons. The van der Waals surface area contributed by atoms with Crippen LogP contribution in [0.2, 0.25) is 15.1 Å². The van der Waals surface area contributed by atoms with Crippen molar-refractivity contribution < 1.29 is 4.79 Å². The fourth-order valence-corrected chi connectivity index (χ4v) is 2.69. The van der Waals surface area contributed by atoms with E-state index in [9.17, 15) is 4.79 Å². The van der Waals surface area contributed by atoms with Gasteiger partial charge in [0.2, 0.25) is 5.91 Å². The number of carbonyl (C=O) groups excluding carboxylic acids is 1. The average Bonchev–Trinajstić information content (AvgIpc) is 2.70. The number of benzene rings is 1. The van der Waals surface area contributed by atoms with Gasteiger partial charge in [-0.2, -0.15) is 5.10 Å². The van der Waals surface area contributed by atoms with Crippen LogP contribution in [0.15, 0.2) is 18.2 Å². The SMILES string of the molecule is Cc1nn(CC(C)C(=O)Nc2c(Cl)cccc2Cl)c(C)c1Cl. The molecule has 4 nitrogen and oxygen atoms in total. The number of carbonyl (C=O) groups is 1. The third-order valence-electron chi connectivity index (χ3n) is 3.40. The normalized spacial score (nSPS) is 12.3. The Morgan fingerprint density at radius 1 is 1.27 bits per heavy atom. The molecule has 1 N–H and O–H groups in total. The molecule has 0 radical (unpaired) electrons. The minimum atomic E-state index is -0.318. The predicted octanol–water partition coefficient (Wildman–Crippen LogP) is 4.73. The molecule has 1 amide bonds. The van der Waals surface area contributed by atoms with Crippen LogP contribution in [0.25, 0.3) is 0 Å². The van der Waals surface area contributed by atoms with Gasteiger partial charge in [0.05, 0.1) is 44.6 Å². The summed E-state index contributed by atoms with van der Waals surface area (Å²) in [5.41, 5.74) is 2.02. The molecular weight excluding hydrogens is 345 g/mol. The van der Waals surface area contributed by atoms with Crippen LogP contribution >= 0.6 is 34.8 Å². The van der Waals surface area contributed by atoms with E-state index in [0.29, 0.717) is 27.3 Å². The quantitative estimate of drug-likeness (QED) is 0.856. The van der Waals surface area contributed by atoms with Crippen molar-refractivity contribution in [3.8, 4) is 0 Å². The van der Waals surface area contributed by atoms with E-state index in [1.165, 1.54) is 0 Å². The smallest absolute Gasteiger partial charge is 0.229 e. The fraction of sp³-hybridized carbons (Fsp3) is 0.333. The lowest BCUT2D eigenvalue weighted by molar-refractivity contribution is -0.119. The van der Waals surface area contributed by atoms with Gasteiger partial charge in [0, 0.05) is 0 Å². The molecule has 7 heteroatoms. The number of hydrogen-bond acceptors (Lipinski definition) is 2. The van der Waals surface area contributed by atoms with Gasteiger partial charge in [-0.3, -0.25) is 9.48 Å². The van der Waals surface area contributed by atoms with Crippen molar-refractivity contribution >= 4 is 46.4 Å². The average molecular weight is 361 g/mol. The van der Waals surface area contributed by atoms with Crippen LogP contribution < -0.4 is 5.32 Å². The van der Waals surface area contributed by atoms with Crippen LogP contribution in [-0.4, -0.2) is 15.7 Å². The number of nitrogens with zero attached hydrogens (tertiary/aromatic N) is 2. The minimum Gasteiger partial charge on any atom is -0.323 e.